The maximum atomic E-state index is 12.8. The molecule has 2 heterocycles. The Kier molecular flexibility index (Phi) is 5.53. The molecule has 4 rings (SSSR count). The number of hydrogen-bond acceptors (Lipinski definition) is 6. The Balaban J connectivity index is 1.43. The number of nitrogens with one attached hydrogen (secondary N) is 2. The molecule has 0 fully saturated rings. The molecule has 0 bridgehead atoms. The summed E-state index contributed by atoms with van der Waals surface area (Å²) in [4.78, 5) is 16.6. The predicted molar refractivity (Wildman–Crippen MR) is 110 cm³/mol. The van der Waals surface area contributed by atoms with Gasteiger partial charge in [0, 0.05) is 36.5 Å². The van der Waals surface area contributed by atoms with E-state index in [0.29, 0.717) is 30.2 Å². The van der Waals surface area contributed by atoms with E-state index in [1.807, 2.05) is 18.2 Å². The summed E-state index contributed by atoms with van der Waals surface area (Å²) in [5.74, 6) is 0.671. The van der Waals surface area contributed by atoms with Gasteiger partial charge in [0.1, 0.15) is 0 Å². The molecule has 0 aliphatic carbocycles. The number of nitrogens with zero attached hydrogens (tertiary/aromatic N) is 1. The van der Waals surface area contributed by atoms with E-state index in [-0.39, 0.29) is 23.2 Å². The normalized spacial score (nSPS) is 12.4. The monoisotopic (exact) mass is 425 g/mol. The first-order valence-corrected chi connectivity index (χ1v) is 10.7. The van der Waals surface area contributed by atoms with Crippen molar-refractivity contribution in [1.29, 1.82) is 0 Å². The second-order valence-electron chi connectivity index (χ2n) is 6.53. The lowest BCUT2D eigenvalue weighted by Gasteiger charge is -2.10. The molecule has 0 saturated carbocycles. The van der Waals surface area contributed by atoms with Gasteiger partial charge < -0.3 is 14.8 Å². The molecule has 0 atom stereocenters. The van der Waals surface area contributed by atoms with Crippen LogP contribution in [0.15, 0.2) is 71.8 Å². The average molecular weight is 425 g/mol. The quantitative estimate of drug-likeness (QED) is 0.603. The van der Waals surface area contributed by atoms with Crippen molar-refractivity contribution in [3.8, 4) is 11.5 Å². The van der Waals surface area contributed by atoms with Crippen molar-refractivity contribution in [2.45, 2.75) is 11.3 Å². The van der Waals surface area contributed by atoms with E-state index in [9.17, 15) is 13.2 Å². The summed E-state index contributed by atoms with van der Waals surface area (Å²) in [7, 11) is -3.89. The van der Waals surface area contributed by atoms with Crippen LogP contribution in [0.25, 0.3) is 0 Å². The van der Waals surface area contributed by atoms with Gasteiger partial charge in [0.05, 0.1) is 10.6 Å². The molecule has 1 aromatic heterocycles. The van der Waals surface area contributed by atoms with Gasteiger partial charge in [-0.25, -0.2) is 8.42 Å². The zero-order valence-electron chi connectivity index (χ0n) is 15.9. The molecule has 2 N–H and O–H groups in total. The van der Waals surface area contributed by atoms with Crippen molar-refractivity contribution < 1.29 is 22.7 Å². The summed E-state index contributed by atoms with van der Waals surface area (Å²) in [6, 6.07) is 16.2. The summed E-state index contributed by atoms with van der Waals surface area (Å²) >= 11 is 0. The van der Waals surface area contributed by atoms with Crippen LogP contribution in [0.1, 0.15) is 16.1 Å². The number of amides is 1. The third-order valence-electron chi connectivity index (χ3n) is 4.42. The van der Waals surface area contributed by atoms with Crippen LogP contribution in [0, 0.1) is 0 Å². The second-order valence-corrected chi connectivity index (χ2v) is 8.21. The molecule has 0 spiro atoms. The minimum atomic E-state index is -3.89. The van der Waals surface area contributed by atoms with Gasteiger partial charge in [0.2, 0.25) is 6.79 Å². The van der Waals surface area contributed by atoms with Crippen LogP contribution in [0.2, 0.25) is 0 Å². The number of ether oxygens (including phenoxy) is 2. The molecule has 1 aliphatic heterocycles. The fourth-order valence-electron chi connectivity index (χ4n) is 2.93. The Labute approximate surface area is 173 Å². The van der Waals surface area contributed by atoms with Crippen LogP contribution >= 0.6 is 0 Å². The number of benzene rings is 2. The number of carbonyl (C=O) groups is 1. The maximum absolute atomic E-state index is 12.8. The number of anilines is 1. The molecule has 1 amide bonds. The van der Waals surface area contributed by atoms with E-state index >= 15 is 0 Å². The van der Waals surface area contributed by atoms with Gasteiger partial charge in [0.15, 0.2) is 11.5 Å². The molecular formula is C21H19N3O5S. The van der Waals surface area contributed by atoms with Gasteiger partial charge in [-0.15, -0.1) is 0 Å². The predicted octanol–water partition coefficient (Wildman–Crippen LogP) is 2.58. The van der Waals surface area contributed by atoms with Crippen LogP contribution in [-0.2, 0) is 16.4 Å². The maximum Gasteiger partial charge on any atom is 0.261 e. The summed E-state index contributed by atoms with van der Waals surface area (Å²) in [5, 5.41) is 2.78. The van der Waals surface area contributed by atoms with E-state index in [2.05, 4.69) is 15.0 Å². The third kappa shape index (κ3) is 4.52. The van der Waals surface area contributed by atoms with E-state index in [1.165, 1.54) is 18.2 Å². The second kappa shape index (κ2) is 8.42. The van der Waals surface area contributed by atoms with Gasteiger partial charge in [-0.3, -0.25) is 14.5 Å². The van der Waals surface area contributed by atoms with Crippen molar-refractivity contribution in [3.05, 3.63) is 78.1 Å². The highest BCUT2D eigenvalue weighted by molar-refractivity contribution is 7.92. The van der Waals surface area contributed by atoms with Crippen LogP contribution in [-0.4, -0.2) is 32.6 Å². The van der Waals surface area contributed by atoms with E-state index < -0.39 is 10.0 Å². The summed E-state index contributed by atoms with van der Waals surface area (Å²) in [6.45, 7) is 0.491. The van der Waals surface area contributed by atoms with Gasteiger partial charge in [-0.1, -0.05) is 12.1 Å². The average Bonchev–Trinajstić information content (AvgIpc) is 3.22. The zero-order valence-corrected chi connectivity index (χ0v) is 16.7. The fraction of sp³-hybridized carbons (Fsp3) is 0.143. The molecule has 2 aromatic carbocycles. The SMILES string of the molecule is O=C(NCCc1ccccn1)c1cccc(S(=O)(=O)Nc2ccc3c(c2)OCO3)c1. The molecule has 30 heavy (non-hydrogen) atoms. The minimum Gasteiger partial charge on any atom is -0.454 e. The fourth-order valence-corrected chi connectivity index (χ4v) is 4.03. The van der Waals surface area contributed by atoms with E-state index in [4.69, 9.17) is 9.47 Å². The first-order chi connectivity index (χ1) is 14.5. The molecule has 9 heteroatoms. The Bertz CT molecular complexity index is 1170. The number of fused-ring (bicyclic) bond motifs is 1. The number of pyridine rings is 1. The summed E-state index contributed by atoms with van der Waals surface area (Å²) in [6.07, 6.45) is 2.27. The van der Waals surface area contributed by atoms with Gasteiger partial charge in [0.25, 0.3) is 15.9 Å². The molecule has 0 unspecified atom stereocenters. The molecule has 154 valence electrons. The first-order valence-electron chi connectivity index (χ1n) is 9.22. The van der Waals surface area contributed by atoms with Crippen LogP contribution in [0.4, 0.5) is 5.69 Å². The molecule has 0 saturated heterocycles. The smallest absolute Gasteiger partial charge is 0.261 e. The number of sulfonamides is 1. The van der Waals surface area contributed by atoms with Gasteiger partial charge in [-0.05, 0) is 42.5 Å². The third-order valence-corrected chi connectivity index (χ3v) is 5.80. The van der Waals surface area contributed by atoms with Gasteiger partial charge in [-0.2, -0.15) is 0 Å². The Hall–Kier alpha value is -3.59. The van der Waals surface area contributed by atoms with Crippen LogP contribution in [0.3, 0.4) is 0 Å². The summed E-state index contributed by atoms with van der Waals surface area (Å²) < 4.78 is 38.5. The summed E-state index contributed by atoms with van der Waals surface area (Å²) in [5.41, 5.74) is 1.45. The highest BCUT2D eigenvalue weighted by Crippen LogP contribution is 2.34. The molecular weight excluding hydrogens is 406 g/mol. The lowest BCUT2D eigenvalue weighted by molar-refractivity contribution is 0.0954. The highest BCUT2D eigenvalue weighted by Gasteiger charge is 2.19. The Morgan fingerprint density at radius 1 is 1.00 bits per heavy atom. The molecule has 8 nitrogen and oxygen atoms in total. The number of hydrogen-bond donors (Lipinski definition) is 2. The number of rotatable bonds is 7. The highest BCUT2D eigenvalue weighted by atomic mass is 32.2. The lowest BCUT2D eigenvalue weighted by atomic mass is 10.2. The number of carbonyl (C=O) groups excluding carboxylic acids is 1. The van der Waals surface area contributed by atoms with Crippen molar-refractivity contribution >= 4 is 21.6 Å². The Morgan fingerprint density at radius 2 is 1.87 bits per heavy atom. The first kappa shape index (κ1) is 19.7. The standard InChI is InChI=1S/C21H19N3O5S/c25-21(23-11-9-16-5-1-2-10-22-16)15-4-3-6-18(12-15)30(26,27)24-17-7-8-19-20(13-17)29-14-28-19/h1-8,10,12-13,24H,9,11,14H2,(H,23,25). The molecule has 1 aliphatic rings. The van der Waals surface area contributed by atoms with Crippen molar-refractivity contribution in [3.63, 3.8) is 0 Å². The molecule has 3 aromatic rings. The van der Waals surface area contributed by atoms with Crippen molar-refractivity contribution in [1.82, 2.24) is 10.3 Å². The van der Waals surface area contributed by atoms with E-state index in [1.54, 1.807) is 30.5 Å². The Morgan fingerprint density at radius 3 is 2.70 bits per heavy atom. The van der Waals surface area contributed by atoms with Crippen LogP contribution in [0.5, 0.6) is 11.5 Å². The van der Waals surface area contributed by atoms with Crippen molar-refractivity contribution in [2.24, 2.45) is 0 Å². The van der Waals surface area contributed by atoms with Gasteiger partial charge >= 0.3 is 0 Å². The largest absolute Gasteiger partial charge is 0.454 e. The zero-order chi connectivity index (χ0) is 21.0. The van der Waals surface area contributed by atoms with E-state index in [0.717, 1.165) is 5.69 Å². The van der Waals surface area contributed by atoms with Crippen LogP contribution < -0.4 is 19.5 Å². The number of aromatic nitrogens is 1. The topological polar surface area (TPSA) is 107 Å². The van der Waals surface area contributed by atoms with Crippen molar-refractivity contribution in [2.75, 3.05) is 18.1 Å². The minimum absolute atomic E-state index is 0.0162. The molecule has 0 radical (unpaired) electrons. The lowest BCUT2D eigenvalue weighted by Crippen LogP contribution is -2.26.